The molecule has 0 radical (unpaired) electrons. The SMILES string of the molecule is O=C(O)c1ccnc(Oc2ccc(I)cc2)c1Cl. The summed E-state index contributed by atoms with van der Waals surface area (Å²) >= 11 is 8.09. The molecule has 0 amide bonds. The minimum absolute atomic E-state index is 0.0106. The van der Waals surface area contributed by atoms with Crippen LogP contribution in [0.5, 0.6) is 11.6 Å². The predicted molar refractivity (Wildman–Crippen MR) is 75.4 cm³/mol. The van der Waals surface area contributed by atoms with Gasteiger partial charge in [0.2, 0.25) is 5.88 Å². The number of hydrogen-bond donors (Lipinski definition) is 1. The lowest BCUT2D eigenvalue weighted by molar-refractivity contribution is 0.0696. The summed E-state index contributed by atoms with van der Waals surface area (Å²) in [5.74, 6) is -0.486. The number of benzene rings is 1. The molecule has 0 fully saturated rings. The second kappa shape index (κ2) is 5.53. The van der Waals surface area contributed by atoms with Crippen LogP contribution in [0.15, 0.2) is 36.5 Å². The fraction of sp³-hybridized carbons (Fsp3) is 0. The Labute approximate surface area is 122 Å². The lowest BCUT2D eigenvalue weighted by Gasteiger charge is -2.07. The van der Waals surface area contributed by atoms with Crippen molar-refractivity contribution in [2.75, 3.05) is 0 Å². The summed E-state index contributed by atoms with van der Waals surface area (Å²) in [5, 5.41) is 8.91. The van der Waals surface area contributed by atoms with E-state index in [4.69, 9.17) is 21.4 Å². The van der Waals surface area contributed by atoms with Gasteiger partial charge in [0, 0.05) is 9.77 Å². The first-order valence-corrected chi connectivity index (χ1v) is 6.35. The normalized spacial score (nSPS) is 10.1. The van der Waals surface area contributed by atoms with Crippen LogP contribution in [0.2, 0.25) is 5.02 Å². The van der Waals surface area contributed by atoms with E-state index in [0.717, 1.165) is 3.57 Å². The van der Waals surface area contributed by atoms with Gasteiger partial charge in [-0.05, 0) is 52.9 Å². The Morgan fingerprint density at radius 3 is 2.56 bits per heavy atom. The van der Waals surface area contributed by atoms with E-state index in [1.807, 2.05) is 12.1 Å². The molecule has 0 aliphatic carbocycles. The molecule has 1 heterocycles. The van der Waals surface area contributed by atoms with Crippen molar-refractivity contribution in [2.24, 2.45) is 0 Å². The Morgan fingerprint density at radius 2 is 1.94 bits per heavy atom. The second-order valence-corrected chi connectivity index (χ2v) is 4.96. The van der Waals surface area contributed by atoms with Gasteiger partial charge in [0.1, 0.15) is 10.8 Å². The van der Waals surface area contributed by atoms with Gasteiger partial charge in [-0.15, -0.1) is 0 Å². The topological polar surface area (TPSA) is 59.4 Å². The number of hydrogen-bond acceptors (Lipinski definition) is 3. The molecule has 0 unspecified atom stereocenters. The van der Waals surface area contributed by atoms with E-state index in [0.29, 0.717) is 5.75 Å². The predicted octanol–water partition coefficient (Wildman–Crippen LogP) is 3.83. The molecule has 0 spiro atoms. The highest BCUT2D eigenvalue weighted by Crippen LogP contribution is 2.29. The number of aromatic nitrogens is 1. The van der Waals surface area contributed by atoms with Crippen molar-refractivity contribution in [3.63, 3.8) is 0 Å². The highest BCUT2D eigenvalue weighted by Gasteiger charge is 2.14. The number of aromatic carboxylic acids is 1. The fourth-order valence-electron chi connectivity index (χ4n) is 1.28. The Morgan fingerprint density at radius 1 is 1.28 bits per heavy atom. The van der Waals surface area contributed by atoms with Crippen molar-refractivity contribution in [3.8, 4) is 11.6 Å². The maximum Gasteiger partial charge on any atom is 0.337 e. The van der Waals surface area contributed by atoms with Crippen molar-refractivity contribution in [1.29, 1.82) is 0 Å². The third-order valence-electron chi connectivity index (χ3n) is 2.12. The number of nitrogens with zero attached hydrogens (tertiary/aromatic N) is 1. The van der Waals surface area contributed by atoms with Crippen LogP contribution in [0.3, 0.4) is 0 Å². The number of carboxylic acid groups (broad SMARTS) is 1. The van der Waals surface area contributed by atoms with E-state index < -0.39 is 5.97 Å². The molecule has 1 N–H and O–H groups in total. The van der Waals surface area contributed by atoms with Crippen LogP contribution in [0.1, 0.15) is 10.4 Å². The smallest absolute Gasteiger partial charge is 0.337 e. The summed E-state index contributed by atoms with van der Waals surface area (Å²) in [6.07, 6.45) is 1.34. The Kier molecular flexibility index (Phi) is 4.03. The van der Waals surface area contributed by atoms with Crippen molar-refractivity contribution in [1.82, 2.24) is 4.98 Å². The number of carbonyl (C=O) groups is 1. The van der Waals surface area contributed by atoms with Gasteiger partial charge >= 0.3 is 5.97 Å². The third-order valence-corrected chi connectivity index (χ3v) is 3.20. The first kappa shape index (κ1) is 13.1. The Hall–Kier alpha value is -1.34. The summed E-state index contributed by atoms with van der Waals surface area (Å²) < 4.78 is 6.51. The minimum Gasteiger partial charge on any atom is -0.478 e. The van der Waals surface area contributed by atoms with Gasteiger partial charge in [0.05, 0.1) is 5.56 Å². The van der Waals surface area contributed by atoms with E-state index in [1.54, 1.807) is 12.1 Å². The van der Waals surface area contributed by atoms with E-state index >= 15 is 0 Å². The lowest BCUT2D eigenvalue weighted by atomic mass is 10.2. The molecule has 0 bridgehead atoms. The Bertz CT molecular complexity index is 586. The average Bonchev–Trinajstić information content (AvgIpc) is 2.34. The quantitative estimate of drug-likeness (QED) is 0.828. The van der Waals surface area contributed by atoms with Crippen LogP contribution in [0, 0.1) is 3.57 Å². The molecule has 92 valence electrons. The van der Waals surface area contributed by atoms with Crippen LogP contribution in [0.25, 0.3) is 0 Å². The van der Waals surface area contributed by atoms with E-state index in [2.05, 4.69) is 27.6 Å². The molecule has 0 aliphatic rings. The van der Waals surface area contributed by atoms with Crippen LogP contribution in [-0.2, 0) is 0 Å². The number of pyridine rings is 1. The largest absolute Gasteiger partial charge is 0.478 e. The highest BCUT2D eigenvalue weighted by atomic mass is 127. The van der Waals surface area contributed by atoms with Crippen LogP contribution in [0.4, 0.5) is 0 Å². The molecule has 18 heavy (non-hydrogen) atoms. The number of ether oxygens (including phenoxy) is 1. The zero-order valence-corrected chi connectivity index (χ0v) is 11.8. The van der Waals surface area contributed by atoms with Crippen molar-refractivity contribution in [2.45, 2.75) is 0 Å². The number of carboxylic acids is 1. The minimum atomic E-state index is -1.12. The fourth-order valence-corrected chi connectivity index (χ4v) is 1.87. The van der Waals surface area contributed by atoms with Gasteiger partial charge in [0.25, 0.3) is 0 Å². The van der Waals surface area contributed by atoms with Gasteiger partial charge < -0.3 is 9.84 Å². The second-order valence-electron chi connectivity index (χ2n) is 3.34. The molecule has 2 aromatic rings. The average molecular weight is 376 g/mol. The van der Waals surface area contributed by atoms with Crippen molar-refractivity contribution in [3.05, 3.63) is 50.7 Å². The van der Waals surface area contributed by atoms with Gasteiger partial charge in [-0.3, -0.25) is 0 Å². The number of rotatable bonds is 3. The molecule has 0 saturated carbocycles. The molecule has 1 aromatic carbocycles. The number of halogens is 2. The zero-order chi connectivity index (χ0) is 13.1. The van der Waals surface area contributed by atoms with Crippen molar-refractivity contribution < 1.29 is 14.6 Å². The van der Waals surface area contributed by atoms with Crippen LogP contribution in [-0.4, -0.2) is 16.1 Å². The van der Waals surface area contributed by atoms with Gasteiger partial charge in [-0.25, -0.2) is 9.78 Å². The molecule has 4 nitrogen and oxygen atoms in total. The molecule has 0 saturated heterocycles. The lowest BCUT2D eigenvalue weighted by Crippen LogP contribution is -2.00. The zero-order valence-electron chi connectivity index (χ0n) is 8.93. The summed E-state index contributed by atoms with van der Waals surface area (Å²) in [6.45, 7) is 0. The van der Waals surface area contributed by atoms with Gasteiger partial charge in [-0.2, -0.15) is 0 Å². The van der Waals surface area contributed by atoms with Crippen LogP contribution < -0.4 is 4.74 Å². The maximum absolute atomic E-state index is 10.9. The maximum atomic E-state index is 10.9. The highest BCUT2D eigenvalue weighted by molar-refractivity contribution is 14.1. The van der Waals surface area contributed by atoms with Gasteiger partial charge in [0.15, 0.2) is 0 Å². The summed E-state index contributed by atoms with van der Waals surface area (Å²) in [7, 11) is 0. The molecule has 0 aliphatic heterocycles. The molecular weight excluding hydrogens is 368 g/mol. The van der Waals surface area contributed by atoms with Crippen molar-refractivity contribution >= 4 is 40.2 Å². The van der Waals surface area contributed by atoms with Gasteiger partial charge in [-0.1, -0.05) is 11.6 Å². The summed E-state index contributed by atoms with van der Waals surface area (Å²) in [5.41, 5.74) is -0.0350. The van der Waals surface area contributed by atoms with E-state index in [9.17, 15) is 4.79 Å². The molecular formula is C12H7ClINO3. The first-order chi connectivity index (χ1) is 8.58. The molecule has 2 rings (SSSR count). The third kappa shape index (κ3) is 2.91. The van der Waals surface area contributed by atoms with E-state index in [1.165, 1.54) is 12.3 Å². The summed E-state index contributed by atoms with van der Waals surface area (Å²) in [6, 6.07) is 8.57. The molecule has 6 heteroatoms. The van der Waals surface area contributed by atoms with E-state index in [-0.39, 0.29) is 16.5 Å². The van der Waals surface area contributed by atoms with Crippen LogP contribution >= 0.6 is 34.2 Å². The summed E-state index contributed by atoms with van der Waals surface area (Å²) in [4.78, 5) is 14.8. The molecule has 0 atom stereocenters. The Balaban J connectivity index is 2.32. The first-order valence-electron chi connectivity index (χ1n) is 4.89. The molecule has 1 aromatic heterocycles. The standard InChI is InChI=1S/C12H7ClINO3/c13-10-9(12(16)17)5-6-15-11(10)18-8-3-1-7(14)2-4-8/h1-6H,(H,16,17). The monoisotopic (exact) mass is 375 g/mol.